The summed E-state index contributed by atoms with van der Waals surface area (Å²) in [6, 6.07) is 0. The molecule has 8 heteroatoms. The van der Waals surface area contributed by atoms with Gasteiger partial charge in [-0.2, -0.15) is 0 Å². The molecule has 2 N–H and O–H groups in total. The first kappa shape index (κ1) is 41.8. The van der Waals surface area contributed by atoms with Gasteiger partial charge in [0, 0.05) is 58.4 Å². The minimum Gasteiger partial charge on any atom is -0.393 e. The van der Waals surface area contributed by atoms with Crippen LogP contribution >= 0.6 is 0 Å². The van der Waals surface area contributed by atoms with Crippen molar-refractivity contribution in [1.82, 2.24) is 9.80 Å². The van der Waals surface area contributed by atoms with E-state index in [0.29, 0.717) is 46.5 Å². The standard InChI is InChI=1S/C46H82N2O6/c1-13-52-39(42(8,9)50)33(51-12)22-30(2)32-23-36(49)44(11)35-15-14-34-41(6,7)37(16-17-45(34)28-46(35,45)19-18-43(32,44)10)54-38-27-47(20-21-53-38)24-31-25-48(26-31)29-40(3,4)5/h30-39,49-50H,13-29H2,1-12H3/t30-,32-,33?,34+,35?,36+,37+,38+,39+,43-,44-,45-,46+/m1/s1. The lowest BCUT2D eigenvalue weighted by Crippen LogP contribution is -2.60. The molecule has 312 valence electrons. The highest BCUT2D eigenvalue weighted by atomic mass is 16.7. The molecule has 5 saturated carbocycles. The Morgan fingerprint density at radius 3 is 2.24 bits per heavy atom. The first-order valence-corrected chi connectivity index (χ1v) is 22.4. The van der Waals surface area contributed by atoms with Crippen LogP contribution in [0.4, 0.5) is 0 Å². The maximum Gasteiger partial charge on any atom is 0.170 e. The summed E-state index contributed by atoms with van der Waals surface area (Å²) >= 11 is 0. The topological polar surface area (TPSA) is 83.9 Å². The maximum atomic E-state index is 12.3. The number of hydrogen-bond acceptors (Lipinski definition) is 8. The Labute approximate surface area is 330 Å². The van der Waals surface area contributed by atoms with Gasteiger partial charge in [-0.3, -0.25) is 4.90 Å². The lowest BCUT2D eigenvalue weighted by molar-refractivity contribution is -0.249. The van der Waals surface area contributed by atoms with Crippen molar-refractivity contribution in [3.63, 3.8) is 0 Å². The van der Waals surface area contributed by atoms with Crippen molar-refractivity contribution in [2.75, 3.05) is 59.6 Å². The molecule has 2 heterocycles. The third-order valence-corrected chi connectivity index (χ3v) is 17.8. The van der Waals surface area contributed by atoms with E-state index in [0.717, 1.165) is 44.9 Å². The average Bonchev–Trinajstić information content (AvgIpc) is 3.68. The van der Waals surface area contributed by atoms with E-state index >= 15 is 0 Å². The van der Waals surface area contributed by atoms with Crippen LogP contribution < -0.4 is 0 Å². The van der Waals surface area contributed by atoms with Crippen molar-refractivity contribution in [3.05, 3.63) is 0 Å². The molecule has 7 rings (SSSR count). The van der Waals surface area contributed by atoms with Crippen LogP contribution in [-0.2, 0) is 18.9 Å². The Bertz CT molecular complexity index is 1320. The first-order valence-electron chi connectivity index (χ1n) is 22.4. The zero-order valence-electron chi connectivity index (χ0n) is 36.7. The highest BCUT2D eigenvalue weighted by Gasteiger charge is 2.83. The number of fused-ring (bicyclic) bond motifs is 2. The summed E-state index contributed by atoms with van der Waals surface area (Å²) in [6.45, 7) is 33.2. The number of methoxy groups -OCH3 is 1. The summed E-state index contributed by atoms with van der Waals surface area (Å²) in [5.41, 5.74) is 0.170. The number of aliphatic hydroxyl groups excluding tert-OH is 1. The molecule has 2 aliphatic heterocycles. The van der Waals surface area contributed by atoms with Crippen LogP contribution in [0.1, 0.15) is 134 Å². The van der Waals surface area contributed by atoms with Crippen LogP contribution in [0.5, 0.6) is 0 Å². The molecule has 0 amide bonds. The van der Waals surface area contributed by atoms with E-state index in [2.05, 4.69) is 65.2 Å². The van der Waals surface area contributed by atoms with Gasteiger partial charge in [-0.1, -0.05) is 55.4 Å². The summed E-state index contributed by atoms with van der Waals surface area (Å²) in [6.07, 6.45) is 9.61. The molecule has 5 aliphatic carbocycles. The molecule has 13 atom stereocenters. The molecule has 0 aromatic rings. The number of morpholine rings is 1. The molecule has 2 saturated heterocycles. The molecular weight excluding hydrogens is 677 g/mol. The van der Waals surface area contributed by atoms with E-state index in [1.807, 2.05) is 20.8 Å². The Hall–Kier alpha value is -0.320. The fraction of sp³-hybridized carbons (Fsp3) is 1.00. The van der Waals surface area contributed by atoms with Crippen molar-refractivity contribution in [2.24, 2.45) is 62.1 Å². The predicted molar refractivity (Wildman–Crippen MR) is 215 cm³/mol. The third-order valence-electron chi connectivity index (χ3n) is 17.8. The normalized spacial score (nSPS) is 44.3. The van der Waals surface area contributed by atoms with Crippen LogP contribution in [-0.4, -0.2) is 116 Å². The Kier molecular flexibility index (Phi) is 11.2. The fourth-order valence-electron chi connectivity index (χ4n) is 15.4. The zero-order valence-corrected chi connectivity index (χ0v) is 36.7. The highest BCUT2D eigenvalue weighted by Crippen LogP contribution is 2.89. The van der Waals surface area contributed by atoms with Gasteiger partial charge in [0.1, 0.15) is 6.10 Å². The van der Waals surface area contributed by atoms with E-state index in [9.17, 15) is 10.2 Å². The minimum atomic E-state index is -0.994. The largest absolute Gasteiger partial charge is 0.393 e. The number of nitrogens with zero attached hydrogens (tertiary/aromatic N) is 2. The Morgan fingerprint density at radius 2 is 1.59 bits per heavy atom. The van der Waals surface area contributed by atoms with E-state index in [-0.39, 0.29) is 47.0 Å². The first-order chi connectivity index (χ1) is 25.1. The molecular formula is C46H82N2O6. The lowest BCUT2D eigenvalue weighted by atomic mass is 9.41. The van der Waals surface area contributed by atoms with Crippen molar-refractivity contribution < 1.29 is 29.2 Å². The van der Waals surface area contributed by atoms with E-state index < -0.39 is 5.60 Å². The summed E-state index contributed by atoms with van der Waals surface area (Å²) < 4.78 is 25.5. The fourth-order valence-corrected chi connectivity index (χ4v) is 15.4. The van der Waals surface area contributed by atoms with Crippen LogP contribution in [0.15, 0.2) is 0 Å². The summed E-state index contributed by atoms with van der Waals surface area (Å²) in [4.78, 5) is 5.24. The Morgan fingerprint density at radius 1 is 0.907 bits per heavy atom. The minimum absolute atomic E-state index is 0.0664. The highest BCUT2D eigenvalue weighted by molar-refractivity contribution is 5.31. The van der Waals surface area contributed by atoms with Gasteiger partial charge in [-0.15, -0.1) is 0 Å². The van der Waals surface area contributed by atoms with Gasteiger partial charge in [0.15, 0.2) is 6.29 Å². The maximum absolute atomic E-state index is 12.3. The van der Waals surface area contributed by atoms with Crippen molar-refractivity contribution >= 4 is 0 Å². The average molecular weight is 759 g/mol. The van der Waals surface area contributed by atoms with Gasteiger partial charge >= 0.3 is 0 Å². The van der Waals surface area contributed by atoms with E-state index in [1.165, 1.54) is 64.7 Å². The monoisotopic (exact) mass is 759 g/mol. The smallest absolute Gasteiger partial charge is 0.170 e. The number of aliphatic hydroxyl groups is 2. The summed E-state index contributed by atoms with van der Waals surface area (Å²) in [7, 11) is 1.76. The van der Waals surface area contributed by atoms with Crippen molar-refractivity contribution in [1.29, 1.82) is 0 Å². The lowest BCUT2D eigenvalue weighted by Gasteiger charge is -2.64. The SMILES string of the molecule is CCO[C@@H](C(C[C@@H](C)[C@H]1C[C@H](O)[C@@]2(C)C3CC[C@H]4C(C)(C)[C@@H](O[C@H]5CN(CC6CN(CC(C)(C)C)C6)CCO5)CC[C@@]45C[C@@]35CC[C@]12C)OC)C(C)(C)O. The van der Waals surface area contributed by atoms with Gasteiger partial charge in [0.2, 0.25) is 0 Å². The van der Waals surface area contributed by atoms with Crippen LogP contribution in [0.2, 0.25) is 0 Å². The molecule has 0 aromatic carbocycles. The molecule has 0 radical (unpaired) electrons. The van der Waals surface area contributed by atoms with Gasteiger partial charge in [-0.05, 0) is 135 Å². The molecule has 0 bridgehead atoms. The molecule has 2 unspecified atom stereocenters. The van der Waals surface area contributed by atoms with Gasteiger partial charge in [0.05, 0.1) is 30.5 Å². The number of ether oxygens (including phenoxy) is 4. The number of hydrogen-bond donors (Lipinski definition) is 2. The number of likely N-dealkylation sites (tertiary alicyclic amines) is 1. The zero-order chi connectivity index (χ0) is 39.3. The summed E-state index contributed by atoms with van der Waals surface area (Å²) in [5, 5.41) is 23.3. The second-order valence-electron chi connectivity index (χ2n) is 22.9. The molecule has 54 heavy (non-hydrogen) atoms. The summed E-state index contributed by atoms with van der Waals surface area (Å²) in [5.74, 6) is 2.74. The predicted octanol–water partition coefficient (Wildman–Crippen LogP) is 7.63. The van der Waals surface area contributed by atoms with Gasteiger partial charge in [-0.25, -0.2) is 0 Å². The molecule has 7 aliphatic rings. The van der Waals surface area contributed by atoms with E-state index in [4.69, 9.17) is 18.9 Å². The number of rotatable bonds is 13. The van der Waals surface area contributed by atoms with Crippen LogP contribution in [0.25, 0.3) is 0 Å². The Balaban J connectivity index is 1.00. The third kappa shape index (κ3) is 6.80. The second-order valence-corrected chi connectivity index (χ2v) is 22.9. The second kappa shape index (κ2) is 14.4. The van der Waals surface area contributed by atoms with Crippen molar-refractivity contribution in [2.45, 2.75) is 170 Å². The molecule has 2 spiro atoms. The van der Waals surface area contributed by atoms with Gasteiger partial charge in [0.25, 0.3) is 0 Å². The van der Waals surface area contributed by atoms with Gasteiger partial charge < -0.3 is 34.1 Å². The van der Waals surface area contributed by atoms with E-state index in [1.54, 1.807) is 7.11 Å². The molecule has 8 nitrogen and oxygen atoms in total. The molecule has 7 fully saturated rings. The van der Waals surface area contributed by atoms with Crippen LogP contribution in [0, 0.1) is 62.1 Å². The molecule has 0 aromatic heterocycles. The van der Waals surface area contributed by atoms with Crippen LogP contribution in [0.3, 0.4) is 0 Å². The van der Waals surface area contributed by atoms with Crippen molar-refractivity contribution in [3.8, 4) is 0 Å². The quantitative estimate of drug-likeness (QED) is 0.199.